The van der Waals surface area contributed by atoms with Crippen LogP contribution in [0, 0.1) is 28.1 Å². The number of carbonyl (C=O) groups is 1. The fourth-order valence-corrected chi connectivity index (χ4v) is 6.89. The number of carbonyl (C=O) groups excluding carboxylic acids is 1. The molecule has 0 aromatic rings. The summed E-state index contributed by atoms with van der Waals surface area (Å²) in [5.41, 5.74) is 6.62. The van der Waals surface area contributed by atoms with Gasteiger partial charge in [0.15, 0.2) is 0 Å². The van der Waals surface area contributed by atoms with Crippen LogP contribution in [0.3, 0.4) is 0 Å². The van der Waals surface area contributed by atoms with E-state index in [1.54, 1.807) is 0 Å². The highest BCUT2D eigenvalue weighted by atomic mass is 16.2. The van der Waals surface area contributed by atoms with Gasteiger partial charge in [0.2, 0.25) is 5.91 Å². The summed E-state index contributed by atoms with van der Waals surface area (Å²) in [6, 6.07) is 0.228. The summed E-state index contributed by atoms with van der Waals surface area (Å²) in [6.07, 6.45) is 9.86. The fourth-order valence-electron chi connectivity index (χ4n) is 6.89. The molecule has 3 nitrogen and oxygen atoms in total. The van der Waals surface area contributed by atoms with Gasteiger partial charge >= 0.3 is 0 Å². The highest BCUT2D eigenvalue weighted by Gasteiger charge is 2.62. The molecule has 4 bridgehead atoms. The zero-order valence-electron chi connectivity index (χ0n) is 13.6. The molecule has 3 N–H and O–H groups in total. The Bertz CT molecular complexity index is 452. The highest BCUT2D eigenvalue weighted by Crippen LogP contribution is 2.69. The molecule has 0 saturated heterocycles. The molecule has 5 aliphatic rings. The van der Waals surface area contributed by atoms with E-state index >= 15 is 0 Å². The molecule has 118 valence electrons. The Morgan fingerprint density at radius 3 is 2.24 bits per heavy atom. The Labute approximate surface area is 128 Å². The molecule has 5 saturated carbocycles. The van der Waals surface area contributed by atoms with Crippen molar-refractivity contribution < 1.29 is 4.79 Å². The molecule has 0 aliphatic heterocycles. The van der Waals surface area contributed by atoms with Gasteiger partial charge in [-0.25, -0.2) is 0 Å². The van der Waals surface area contributed by atoms with Crippen LogP contribution in [0.1, 0.15) is 65.2 Å². The topological polar surface area (TPSA) is 55.1 Å². The smallest absolute Gasteiger partial charge is 0.226 e. The van der Waals surface area contributed by atoms with Crippen LogP contribution in [0.2, 0.25) is 0 Å². The van der Waals surface area contributed by atoms with Crippen LogP contribution in [0.25, 0.3) is 0 Å². The van der Waals surface area contributed by atoms with E-state index in [0.29, 0.717) is 29.2 Å². The maximum absolute atomic E-state index is 13.1. The van der Waals surface area contributed by atoms with Gasteiger partial charge in [-0.1, -0.05) is 13.8 Å². The standard InChI is InChI=1S/C18H30N2O/c1-16-5-12-6-17(2,9-16)11-18(7-12,10-16)15(21)20-14(8-19)13-3-4-13/h12-14H,3-11,19H2,1-2H3,(H,20,21). The van der Waals surface area contributed by atoms with Crippen molar-refractivity contribution in [2.24, 2.45) is 33.8 Å². The van der Waals surface area contributed by atoms with E-state index in [1.165, 1.54) is 32.1 Å². The number of nitrogens with two attached hydrogens (primary N) is 1. The van der Waals surface area contributed by atoms with Crippen LogP contribution >= 0.6 is 0 Å². The minimum absolute atomic E-state index is 0.0781. The van der Waals surface area contributed by atoms with Crippen LogP contribution in [0.4, 0.5) is 0 Å². The summed E-state index contributed by atoms with van der Waals surface area (Å²) in [5, 5.41) is 3.36. The SMILES string of the molecule is CC12CC3CC(C)(C1)CC(C(=O)NC(CN)C1CC1)(C3)C2. The minimum atomic E-state index is -0.0781. The normalized spacial score (nSPS) is 49.2. The molecule has 21 heavy (non-hydrogen) atoms. The molecule has 0 aromatic heterocycles. The molecule has 5 rings (SSSR count). The van der Waals surface area contributed by atoms with E-state index in [2.05, 4.69) is 19.2 Å². The maximum atomic E-state index is 13.1. The Hall–Kier alpha value is -0.570. The molecular formula is C18H30N2O. The van der Waals surface area contributed by atoms with Crippen molar-refractivity contribution in [3.05, 3.63) is 0 Å². The van der Waals surface area contributed by atoms with Gasteiger partial charge in [0.1, 0.15) is 0 Å². The average molecular weight is 290 g/mol. The lowest BCUT2D eigenvalue weighted by Gasteiger charge is -2.64. The van der Waals surface area contributed by atoms with Crippen molar-refractivity contribution in [2.75, 3.05) is 6.54 Å². The molecule has 0 heterocycles. The van der Waals surface area contributed by atoms with Crippen LogP contribution in [-0.2, 0) is 4.79 Å². The lowest BCUT2D eigenvalue weighted by Crippen LogP contribution is -2.61. The van der Waals surface area contributed by atoms with Gasteiger partial charge in [0.05, 0.1) is 5.41 Å². The van der Waals surface area contributed by atoms with Crippen molar-refractivity contribution in [3.8, 4) is 0 Å². The second-order valence-corrected chi connectivity index (χ2v) is 9.56. The number of rotatable bonds is 4. The Morgan fingerprint density at radius 2 is 1.76 bits per heavy atom. The Morgan fingerprint density at radius 1 is 1.14 bits per heavy atom. The zero-order chi connectivity index (χ0) is 14.9. The van der Waals surface area contributed by atoms with Gasteiger partial charge in [-0.2, -0.15) is 0 Å². The molecule has 0 radical (unpaired) electrons. The number of nitrogens with one attached hydrogen (secondary N) is 1. The van der Waals surface area contributed by atoms with Crippen LogP contribution in [0.15, 0.2) is 0 Å². The van der Waals surface area contributed by atoms with Gasteiger partial charge in [0.25, 0.3) is 0 Å². The van der Waals surface area contributed by atoms with Crippen LogP contribution < -0.4 is 11.1 Å². The lowest BCUT2D eigenvalue weighted by atomic mass is 9.40. The molecule has 0 spiro atoms. The van der Waals surface area contributed by atoms with Crippen molar-refractivity contribution in [3.63, 3.8) is 0 Å². The van der Waals surface area contributed by atoms with E-state index in [9.17, 15) is 4.79 Å². The zero-order valence-corrected chi connectivity index (χ0v) is 13.6. The van der Waals surface area contributed by atoms with E-state index < -0.39 is 0 Å². The van der Waals surface area contributed by atoms with Gasteiger partial charge in [-0.3, -0.25) is 4.79 Å². The molecular weight excluding hydrogens is 260 g/mol. The monoisotopic (exact) mass is 290 g/mol. The van der Waals surface area contributed by atoms with Crippen molar-refractivity contribution in [2.45, 2.75) is 71.3 Å². The summed E-state index contributed by atoms with van der Waals surface area (Å²) < 4.78 is 0. The Balaban J connectivity index is 1.57. The molecule has 0 aromatic carbocycles. The first-order chi connectivity index (χ1) is 9.85. The lowest BCUT2D eigenvalue weighted by molar-refractivity contribution is -0.170. The highest BCUT2D eigenvalue weighted by molar-refractivity contribution is 5.83. The summed E-state index contributed by atoms with van der Waals surface area (Å²) in [7, 11) is 0. The first-order valence-electron chi connectivity index (χ1n) is 8.87. The van der Waals surface area contributed by atoms with Gasteiger partial charge < -0.3 is 11.1 Å². The quantitative estimate of drug-likeness (QED) is 0.836. The number of hydrogen-bond donors (Lipinski definition) is 2. The third kappa shape index (κ3) is 2.23. The third-order valence-corrected chi connectivity index (χ3v) is 6.87. The fraction of sp³-hybridized carbons (Fsp3) is 0.944. The summed E-state index contributed by atoms with van der Waals surface area (Å²) in [5.74, 6) is 1.77. The van der Waals surface area contributed by atoms with Crippen molar-refractivity contribution >= 4 is 5.91 Å². The van der Waals surface area contributed by atoms with Crippen molar-refractivity contribution in [1.82, 2.24) is 5.32 Å². The molecule has 3 atom stereocenters. The predicted octanol–water partition coefficient (Wildman–Crippen LogP) is 2.84. The second kappa shape index (κ2) is 4.24. The average Bonchev–Trinajstić information content (AvgIpc) is 3.15. The number of hydrogen-bond acceptors (Lipinski definition) is 2. The molecule has 1 amide bonds. The van der Waals surface area contributed by atoms with E-state index in [1.807, 2.05) is 0 Å². The third-order valence-electron chi connectivity index (χ3n) is 6.87. The van der Waals surface area contributed by atoms with Gasteiger partial charge in [-0.15, -0.1) is 0 Å². The maximum Gasteiger partial charge on any atom is 0.226 e. The summed E-state index contributed by atoms with van der Waals surface area (Å²) in [6.45, 7) is 5.46. The number of amides is 1. The predicted molar refractivity (Wildman–Crippen MR) is 83.5 cm³/mol. The largest absolute Gasteiger partial charge is 0.351 e. The first kappa shape index (κ1) is 14.0. The van der Waals surface area contributed by atoms with Crippen LogP contribution in [-0.4, -0.2) is 18.5 Å². The van der Waals surface area contributed by atoms with E-state index in [0.717, 1.165) is 25.2 Å². The minimum Gasteiger partial charge on any atom is -0.351 e. The van der Waals surface area contributed by atoms with Gasteiger partial charge in [-0.05, 0) is 74.0 Å². The summed E-state index contributed by atoms with van der Waals surface area (Å²) in [4.78, 5) is 13.1. The molecule has 5 aliphatic carbocycles. The summed E-state index contributed by atoms with van der Waals surface area (Å²) >= 11 is 0. The Kier molecular flexibility index (Phi) is 2.84. The molecule has 3 unspecified atom stereocenters. The van der Waals surface area contributed by atoms with E-state index in [4.69, 9.17) is 5.73 Å². The van der Waals surface area contributed by atoms with Crippen LogP contribution in [0.5, 0.6) is 0 Å². The second-order valence-electron chi connectivity index (χ2n) is 9.56. The first-order valence-corrected chi connectivity index (χ1v) is 8.87. The van der Waals surface area contributed by atoms with Crippen molar-refractivity contribution in [1.29, 1.82) is 0 Å². The van der Waals surface area contributed by atoms with Gasteiger partial charge in [0, 0.05) is 12.6 Å². The van der Waals surface area contributed by atoms with E-state index in [-0.39, 0.29) is 11.5 Å². The molecule has 3 heteroatoms. The molecule has 5 fully saturated rings.